The maximum Gasteiger partial charge on any atom is 0.263 e. The van der Waals surface area contributed by atoms with Gasteiger partial charge in [0.05, 0.1) is 17.0 Å². The molecule has 0 bridgehead atoms. The summed E-state index contributed by atoms with van der Waals surface area (Å²) in [5.41, 5.74) is 2.65. The standard InChI is InChI=1S/C20H18ClN3O3S2/c21-15-7-9-17(10-8-15)29(26,27)23-20-22-16(13-28-20)12-19(25)24-11-3-5-14-4-1-2-6-18(14)24/h1-2,4,6-10,13H,3,5,11-12H2,(H,22,23). The third-order valence-electron chi connectivity index (χ3n) is 4.64. The lowest BCUT2D eigenvalue weighted by atomic mass is 10.0. The number of fused-ring (bicyclic) bond motifs is 1. The number of hydrogen-bond donors (Lipinski definition) is 1. The van der Waals surface area contributed by atoms with Gasteiger partial charge in [-0.3, -0.25) is 9.52 Å². The number of benzene rings is 2. The maximum absolute atomic E-state index is 12.8. The van der Waals surface area contributed by atoms with Crippen molar-refractivity contribution in [3.8, 4) is 0 Å². The van der Waals surface area contributed by atoms with Crippen molar-refractivity contribution in [2.24, 2.45) is 0 Å². The smallest absolute Gasteiger partial charge is 0.263 e. The van der Waals surface area contributed by atoms with Gasteiger partial charge in [0.25, 0.3) is 10.0 Å². The molecule has 0 saturated carbocycles. The van der Waals surface area contributed by atoms with Crippen LogP contribution in [0.25, 0.3) is 0 Å². The molecule has 2 heterocycles. The average molecular weight is 448 g/mol. The van der Waals surface area contributed by atoms with Crippen molar-refractivity contribution >= 4 is 49.7 Å². The minimum absolute atomic E-state index is 0.0467. The van der Waals surface area contributed by atoms with Gasteiger partial charge in [0.1, 0.15) is 0 Å². The molecule has 1 amide bonds. The van der Waals surface area contributed by atoms with Crippen molar-refractivity contribution in [2.75, 3.05) is 16.2 Å². The van der Waals surface area contributed by atoms with E-state index in [0.29, 0.717) is 17.3 Å². The highest BCUT2D eigenvalue weighted by Gasteiger charge is 2.23. The van der Waals surface area contributed by atoms with E-state index in [1.165, 1.54) is 29.8 Å². The Bertz CT molecular complexity index is 1140. The van der Waals surface area contributed by atoms with Gasteiger partial charge >= 0.3 is 0 Å². The lowest BCUT2D eigenvalue weighted by molar-refractivity contribution is -0.118. The number of nitrogens with zero attached hydrogens (tertiary/aromatic N) is 2. The maximum atomic E-state index is 12.8. The molecule has 0 radical (unpaired) electrons. The number of para-hydroxylation sites is 1. The van der Waals surface area contributed by atoms with Crippen molar-refractivity contribution in [2.45, 2.75) is 24.2 Å². The lowest BCUT2D eigenvalue weighted by Crippen LogP contribution is -2.36. The van der Waals surface area contributed by atoms with Crippen LogP contribution in [0.5, 0.6) is 0 Å². The number of aromatic nitrogens is 1. The Hall–Kier alpha value is -2.42. The highest BCUT2D eigenvalue weighted by Crippen LogP contribution is 2.28. The first kappa shape index (κ1) is 19.9. The Labute approximate surface area is 178 Å². The highest BCUT2D eigenvalue weighted by molar-refractivity contribution is 7.93. The van der Waals surface area contributed by atoms with Crippen LogP contribution in [0.1, 0.15) is 17.7 Å². The summed E-state index contributed by atoms with van der Waals surface area (Å²) in [7, 11) is -3.76. The van der Waals surface area contributed by atoms with Crippen LogP contribution in [0.3, 0.4) is 0 Å². The second kappa shape index (κ2) is 8.14. The van der Waals surface area contributed by atoms with Gasteiger partial charge in [0.15, 0.2) is 5.13 Å². The fraction of sp³-hybridized carbons (Fsp3) is 0.200. The Kier molecular flexibility index (Phi) is 5.58. The fourth-order valence-corrected chi connectivity index (χ4v) is 5.35. The Morgan fingerprint density at radius 1 is 1.17 bits per heavy atom. The zero-order chi connectivity index (χ0) is 20.4. The Morgan fingerprint density at radius 3 is 2.72 bits per heavy atom. The third kappa shape index (κ3) is 4.44. The monoisotopic (exact) mass is 447 g/mol. The number of amides is 1. The molecule has 3 aromatic rings. The van der Waals surface area contributed by atoms with Crippen LogP contribution in [0, 0.1) is 0 Å². The molecule has 29 heavy (non-hydrogen) atoms. The van der Waals surface area contributed by atoms with Crippen molar-refractivity contribution in [3.63, 3.8) is 0 Å². The van der Waals surface area contributed by atoms with Gasteiger partial charge in [0, 0.05) is 22.6 Å². The van der Waals surface area contributed by atoms with Crippen molar-refractivity contribution in [1.82, 2.24) is 4.98 Å². The summed E-state index contributed by atoms with van der Waals surface area (Å²) in [5, 5.41) is 2.38. The number of anilines is 2. The minimum Gasteiger partial charge on any atom is -0.312 e. The molecule has 1 N–H and O–H groups in total. The molecular weight excluding hydrogens is 430 g/mol. The van der Waals surface area contributed by atoms with Crippen molar-refractivity contribution < 1.29 is 13.2 Å². The number of carbonyl (C=O) groups excluding carboxylic acids is 1. The molecule has 0 saturated heterocycles. The molecule has 0 atom stereocenters. The van der Waals surface area contributed by atoms with Crippen LogP contribution in [-0.4, -0.2) is 25.9 Å². The molecule has 9 heteroatoms. The van der Waals surface area contributed by atoms with Crippen molar-refractivity contribution in [1.29, 1.82) is 0 Å². The zero-order valence-corrected chi connectivity index (χ0v) is 17.7. The van der Waals surface area contributed by atoms with E-state index in [2.05, 4.69) is 9.71 Å². The van der Waals surface area contributed by atoms with E-state index in [1.54, 1.807) is 10.3 Å². The number of aryl methyl sites for hydroxylation is 1. The quantitative estimate of drug-likeness (QED) is 0.638. The number of carbonyl (C=O) groups is 1. The van der Waals surface area contributed by atoms with E-state index >= 15 is 0 Å². The van der Waals surface area contributed by atoms with Crippen LogP contribution in [0.15, 0.2) is 58.8 Å². The van der Waals surface area contributed by atoms with E-state index in [0.717, 1.165) is 29.9 Å². The lowest BCUT2D eigenvalue weighted by Gasteiger charge is -2.29. The third-order valence-corrected chi connectivity index (χ3v) is 7.18. The average Bonchev–Trinajstić information content (AvgIpc) is 3.13. The van der Waals surface area contributed by atoms with Gasteiger partial charge in [-0.1, -0.05) is 29.8 Å². The first-order valence-corrected chi connectivity index (χ1v) is 11.8. The number of nitrogens with one attached hydrogen (secondary N) is 1. The fourth-order valence-electron chi connectivity index (χ4n) is 3.27. The van der Waals surface area contributed by atoms with Crippen LogP contribution >= 0.6 is 22.9 Å². The number of rotatable bonds is 5. The summed E-state index contributed by atoms with van der Waals surface area (Å²) in [6.07, 6.45) is 2.01. The van der Waals surface area contributed by atoms with Gasteiger partial charge in [-0.25, -0.2) is 13.4 Å². The van der Waals surface area contributed by atoms with Gasteiger partial charge in [-0.2, -0.15) is 0 Å². The molecule has 1 aromatic heterocycles. The second-order valence-corrected chi connectivity index (χ2v) is 9.63. The van der Waals surface area contributed by atoms with Crippen LogP contribution in [0.2, 0.25) is 5.02 Å². The molecule has 150 valence electrons. The zero-order valence-electron chi connectivity index (χ0n) is 15.3. The second-order valence-electron chi connectivity index (χ2n) is 6.66. The van der Waals surface area contributed by atoms with E-state index in [-0.39, 0.29) is 22.4 Å². The van der Waals surface area contributed by atoms with Crippen LogP contribution in [0.4, 0.5) is 10.8 Å². The first-order valence-electron chi connectivity index (χ1n) is 9.03. The molecule has 0 unspecified atom stereocenters. The molecule has 2 aromatic carbocycles. The molecule has 0 aliphatic carbocycles. The molecular formula is C20H18ClN3O3S2. The molecule has 6 nitrogen and oxygen atoms in total. The number of hydrogen-bond acceptors (Lipinski definition) is 5. The minimum atomic E-state index is -3.76. The molecule has 1 aliphatic rings. The highest BCUT2D eigenvalue weighted by atomic mass is 35.5. The van der Waals surface area contributed by atoms with Gasteiger partial charge in [-0.05, 0) is 48.7 Å². The summed E-state index contributed by atoms with van der Waals surface area (Å²) >= 11 is 6.96. The number of thiazole rings is 1. The summed E-state index contributed by atoms with van der Waals surface area (Å²) < 4.78 is 27.4. The van der Waals surface area contributed by atoms with Gasteiger partial charge in [0.2, 0.25) is 5.91 Å². The predicted octanol–water partition coefficient (Wildman–Crippen LogP) is 4.12. The predicted molar refractivity (Wildman–Crippen MR) is 115 cm³/mol. The Morgan fingerprint density at radius 2 is 1.93 bits per heavy atom. The summed E-state index contributed by atoms with van der Waals surface area (Å²) in [6.45, 7) is 0.677. The van der Waals surface area contributed by atoms with Crippen LogP contribution in [-0.2, 0) is 27.7 Å². The molecule has 1 aliphatic heterocycles. The number of halogens is 1. The Balaban J connectivity index is 1.46. The van der Waals surface area contributed by atoms with E-state index in [9.17, 15) is 13.2 Å². The normalized spacial score (nSPS) is 13.8. The summed E-state index contributed by atoms with van der Waals surface area (Å²) in [5.74, 6) is -0.0467. The largest absolute Gasteiger partial charge is 0.312 e. The summed E-state index contributed by atoms with van der Waals surface area (Å²) in [4.78, 5) is 19.0. The van der Waals surface area contributed by atoms with E-state index in [1.807, 2.05) is 24.3 Å². The van der Waals surface area contributed by atoms with E-state index in [4.69, 9.17) is 11.6 Å². The van der Waals surface area contributed by atoms with Crippen molar-refractivity contribution in [3.05, 3.63) is 70.2 Å². The SMILES string of the molecule is O=C(Cc1csc(NS(=O)(=O)c2ccc(Cl)cc2)n1)N1CCCc2ccccc21. The molecule has 0 fully saturated rings. The first-order chi connectivity index (χ1) is 13.9. The van der Waals surface area contributed by atoms with E-state index < -0.39 is 10.0 Å². The molecule has 4 rings (SSSR count). The summed E-state index contributed by atoms with van der Waals surface area (Å²) in [6, 6.07) is 13.8. The topological polar surface area (TPSA) is 79.4 Å². The van der Waals surface area contributed by atoms with Crippen LogP contribution < -0.4 is 9.62 Å². The van der Waals surface area contributed by atoms with Gasteiger partial charge in [-0.15, -0.1) is 11.3 Å². The van der Waals surface area contributed by atoms with Gasteiger partial charge < -0.3 is 4.90 Å². The number of sulfonamides is 1. The molecule has 0 spiro atoms.